The Bertz CT molecular complexity index is 472. The third kappa shape index (κ3) is 2.51. The molecule has 0 bridgehead atoms. The van der Waals surface area contributed by atoms with Crippen molar-refractivity contribution in [1.82, 2.24) is 4.31 Å². The molecule has 0 amide bonds. The van der Waals surface area contributed by atoms with Crippen molar-refractivity contribution >= 4 is 10.0 Å². The van der Waals surface area contributed by atoms with E-state index in [0.717, 1.165) is 0 Å². The highest BCUT2D eigenvalue weighted by Gasteiger charge is 2.33. The normalized spacial score (nSPS) is 26.9. The van der Waals surface area contributed by atoms with Crippen molar-refractivity contribution in [3.05, 3.63) is 30.3 Å². The van der Waals surface area contributed by atoms with E-state index in [9.17, 15) is 8.42 Å². The first kappa shape index (κ1) is 12.5. The fourth-order valence-electron chi connectivity index (χ4n) is 1.94. The number of rotatable bonds is 2. The maximum atomic E-state index is 12.4. The number of benzene rings is 1. The molecule has 0 aromatic heterocycles. The molecule has 1 aliphatic heterocycles. The van der Waals surface area contributed by atoms with E-state index in [1.807, 2.05) is 19.9 Å². The van der Waals surface area contributed by atoms with Gasteiger partial charge in [-0.25, -0.2) is 8.42 Å². The SMILES string of the molecule is CC1CN(S(=O)(=O)c2ccccc2)C(C)CO1. The number of morpholine rings is 1. The van der Waals surface area contributed by atoms with Crippen molar-refractivity contribution in [1.29, 1.82) is 0 Å². The molecule has 0 aliphatic carbocycles. The zero-order valence-corrected chi connectivity index (χ0v) is 10.9. The second-order valence-electron chi connectivity index (χ2n) is 4.38. The van der Waals surface area contributed by atoms with Gasteiger partial charge in [0.15, 0.2) is 0 Å². The van der Waals surface area contributed by atoms with Crippen LogP contribution >= 0.6 is 0 Å². The lowest BCUT2D eigenvalue weighted by Gasteiger charge is -2.35. The number of nitrogens with zero attached hydrogens (tertiary/aromatic N) is 1. The van der Waals surface area contributed by atoms with Crippen molar-refractivity contribution in [3.8, 4) is 0 Å². The summed E-state index contributed by atoms with van der Waals surface area (Å²) in [6.07, 6.45) is -0.0512. The van der Waals surface area contributed by atoms with E-state index < -0.39 is 10.0 Å². The van der Waals surface area contributed by atoms with Crippen LogP contribution in [-0.4, -0.2) is 38.0 Å². The molecule has 17 heavy (non-hydrogen) atoms. The first-order valence-electron chi connectivity index (χ1n) is 5.70. The molecule has 1 saturated heterocycles. The lowest BCUT2D eigenvalue weighted by atomic mass is 10.2. The Morgan fingerprint density at radius 3 is 2.53 bits per heavy atom. The van der Waals surface area contributed by atoms with Crippen molar-refractivity contribution in [2.24, 2.45) is 0 Å². The molecule has 4 nitrogen and oxygen atoms in total. The van der Waals surface area contributed by atoms with E-state index in [1.165, 1.54) is 4.31 Å². The van der Waals surface area contributed by atoms with Gasteiger partial charge in [-0.15, -0.1) is 0 Å². The van der Waals surface area contributed by atoms with Crippen LogP contribution in [0.2, 0.25) is 0 Å². The van der Waals surface area contributed by atoms with Crippen molar-refractivity contribution in [3.63, 3.8) is 0 Å². The van der Waals surface area contributed by atoms with Gasteiger partial charge in [0.1, 0.15) is 0 Å². The third-order valence-electron chi connectivity index (χ3n) is 2.90. The van der Waals surface area contributed by atoms with Crippen LogP contribution in [0.25, 0.3) is 0 Å². The molecule has 2 rings (SSSR count). The van der Waals surface area contributed by atoms with Crippen LogP contribution in [0.3, 0.4) is 0 Å². The standard InChI is InChI=1S/C12H17NO3S/c1-10-9-16-11(2)8-13(10)17(14,15)12-6-4-3-5-7-12/h3-7,10-11H,8-9H2,1-2H3. The first-order chi connectivity index (χ1) is 8.01. The summed E-state index contributed by atoms with van der Waals surface area (Å²) >= 11 is 0. The smallest absolute Gasteiger partial charge is 0.243 e. The maximum Gasteiger partial charge on any atom is 0.243 e. The molecule has 1 heterocycles. The van der Waals surface area contributed by atoms with Crippen LogP contribution in [0.1, 0.15) is 13.8 Å². The molecule has 94 valence electrons. The third-order valence-corrected chi connectivity index (χ3v) is 4.89. The van der Waals surface area contributed by atoms with Gasteiger partial charge in [-0.05, 0) is 26.0 Å². The van der Waals surface area contributed by atoms with E-state index in [1.54, 1.807) is 24.3 Å². The average Bonchev–Trinajstić information content (AvgIpc) is 2.33. The minimum atomic E-state index is -3.39. The Labute approximate surface area is 102 Å². The van der Waals surface area contributed by atoms with Gasteiger partial charge in [-0.1, -0.05) is 18.2 Å². The topological polar surface area (TPSA) is 46.6 Å². The molecule has 0 radical (unpaired) electrons. The number of sulfonamides is 1. The fraction of sp³-hybridized carbons (Fsp3) is 0.500. The summed E-state index contributed by atoms with van der Waals surface area (Å²) in [5.74, 6) is 0. The first-order valence-corrected chi connectivity index (χ1v) is 7.14. The minimum absolute atomic E-state index is 0.0512. The summed E-state index contributed by atoms with van der Waals surface area (Å²) in [7, 11) is -3.39. The van der Waals surface area contributed by atoms with Crippen LogP contribution in [-0.2, 0) is 14.8 Å². The molecule has 1 aromatic carbocycles. The molecule has 1 aromatic rings. The predicted molar refractivity (Wildman–Crippen MR) is 65.2 cm³/mol. The van der Waals surface area contributed by atoms with Gasteiger partial charge in [-0.2, -0.15) is 4.31 Å². The molecule has 5 heteroatoms. The van der Waals surface area contributed by atoms with Gasteiger partial charge in [0.2, 0.25) is 10.0 Å². The molecular weight excluding hydrogens is 238 g/mol. The Balaban J connectivity index is 2.32. The van der Waals surface area contributed by atoms with Crippen molar-refractivity contribution in [2.75, 3.05) is 13.2 Å². The lowest BCUT2D eigenvalue weighted by molar-refractivity contribution is -0.0170. The van der Waals surface area contributed by atoms with E-state index >= 15 is 0 Å². The van der Waals surface area contributed by atoms with Gasteiger partial charge in [0.05, 0.1) is 17.6 Å². The maximum absolute atomic E-state index is 12.4. The predicted octanol–water partition coefficient (Wildman–Crippen LogP) is 1.48. The summed E-state index contributed by atoms with van der Waals surface area (Å²) in [5, 5.41) is 0. The van der Waals surface area contributed by atoms with Gasteiger partial charge in [0, 0.05) is 12.6 Å². The molecule has 1 aliphatic rings. The van der Waals surface area contributed by atoms with Crippen LogP contribution in [0, 0.1) is 0 Å². The molecule has 2 atom stereocenters. The quantitative estimate of drug-likeness (QED) is 0.804. The van der Waals surface area contributed by atoms with Gasteiger partial charge in [0.25, 0.3) is 0 Å². The Morgan fingerprint density at radius 1 is 1.24 bits per heavy atom. The molecule has 0 N–H and O–H groups in total. The molecule has 1 fully saturated rings. The van der Waals surface area contributed by atoms with Crippen LogP contribution in [0.5, 0.6) is 0 Å². The van der Waals surface area contributed by atoms with Gasteiger partial charge >= 0.3 is 0 Å². The molecular formula is C12H17NO3S. The largest absolute Gasteiger partial charge is 0.375 e. The van der Waals surface area contributed by atoms with E-state index in [0.29, 0.717) is 18.0 Å². The van der Waals surface area contributed by atoms with Crippen molar-refractivity contribution in [2.45, 2.75) is 30.9 Å². The Morgan fingerprint density at radius 2 is 1.88 bits per heavy atom. The second kappa shape index (κ2) is 4.76. The summed E-state index contributed by atoms with van der Waals surface area (Å²) in [4.78, 5) is 0.348. The zero-order valence-electron chi connectivity index (χ0n) is 10.0. The molecule has 0 saturated carbocycles. The van der Waals surface area contributed by atoms with Crippen LogP contribution in [0.4, 0.5) is 0 Å². The van der Waals surface area contributed by atoms with Gasteiger partial charge in [-0.3, -0.25) is 0 Å². The van der Waals surface area contributed by atoms with E-state index in [4.69, 9.17) is 4.74 Å². The molecule has 2 unspecified atom stereocenters. The number of hydrogen-bond acceptors (Lipinski definition) is 3. The fourth-order valence-corrected chi connectivity index (χ4v) is 3.65. The summed E-state index contributed by atoms with van der Waals surface area (Å²) in [5.41, 5.74) is 0. The second-order valence-corrected chi connectivity index (χ2v) is 6.27. The van der Waals surface area contributed by atoms with E-state index in [2.05, 4.69) is 0 Å². The minimum Gasteiger partial charge on any atom is -0.375 e. The highest BCUT2D eigenvalue weighted by Crippen LogP contribution is 2.21. The van der Waals surface area contributed by atoms with Crippen molar-refractivity contribution < 1.29 is 13.2 Å². The summed E-state index contributed by atoms with van der Waals surface area (Å²) in [6.45, 7) is 4.62. The highest BCUT2D eigenvalue weighted by molar-refractivity contribution is 7.89. The molecule has 0 spiro atoms. The average molecular weight is 255 g/mol. The number of hydrogen-bond donors (Lipinski definition) is 0. The monoisotopic (exact) mass is 255 g/mol. The summed E-state index contributed by atoms with van der Waals surface area (Å²) in [6, 6.07) is 8.42. The zero-order chi connectivity index (χ0) is 12.5. The van der Waals surface area contributed by atoms with Crippen LogP contribution in [0.15, 0.2) is 35.2 Å². The Kier molecular flexibility index (Phi) is 3.51. The highest BCUT2D eigenvalue weighted by atomic mass is 32.2. The van der Waals surface area contributed by atoms with Crippen LogP contribution < -0.4 is 0 Å². The summed E-state index contributed by atoms with van der Waals surface area (Å²) < 4.78 is 31.8. The lowest BCUT2D eigenvalue weighted by Crippen LogP contribution is -2.50. The Hall–Kier alpha value is -0.910. The van der Waals surface area contributed by atoms with E-state index in [-0.39, 0.29) is 12.1 Å². The number of ether oxygens (including phenoxy) is 1. The van der Waals surface area contributed by atoms with Gasteiger partial charge < -0.3 is 4.74 Å².